The molecule has 1 aliphatic rings. The van der Waals surface area contributed by atoms with Crippen LogP contribution in [0.1, 0.15) is 36.5 Å². The molecule has 1 aromatic carbocycles. The highest BCUT2D eigenvalue weighted by atomic mass is 16.5. The molecule has 2 rings (SSSR count). The number of rotatable bonds is 7. The highest BCUT2D eigenvalue weighted by Gasteiger charge is 2.23. The summed E-state index contributed by atoms with van der Waals surface area (Å²) in [6, 6.07) is 6.61. The lowest BCUT2D eigenvalue weighted by Crippen LogP contribution is -2.34. The van der Waals surface area contributed by atoms with Crippen LogP contribution in [-0.4, -0.2) is 29.6 Å². The van der Waals surface area contributed by atoms with Gasteiger partial charge in [0.25, 0.3) is 5.91 Å². The molecule has 1 atom stereocenters. The molecule has 5 nitrogen and oxygen atoms in total. The average molecular weight is 277 g/mol. The lowest BCUT2D eigenvalue weighted by molar-refractivity contribution is -0.137. The molecule has 0 spiro atoms. The van der Waals surface area contributed by atoms with Gasteiger partial charge in [0.15, 0.2) is 0 Å². The van der Waals surface area contributed by atoms with Crippen LogP contribution in [-0.2, 0) is 4.79 Å². The minimum atomic E-state index is -0.934. The highest BCUT2D eigenvalue weighted by molar-refractivity contribution is 5.97. The first kappa shape index (κ1) is 14.4. The normalized spacial score (nSPS) is 15.4. The Hall–Kier alpha value is -2.04. The van der Waals surface area contributed by atoms with E-state index in [0.717, 1.165) is 0 Å². The van der Waals surface area contributed by atoms with Crippen LogP contribution in [0.15, 0.2) is 24.3 Å². The van der Waals surface area contributed by atoms with Gasteiger partial charge in [-0.05, 0) is 37.8 Å². The van der Waals surface area contributed by atoms with Crippen LogP contribution in [0.2, 0.25) is 0 Å². The van der Waals surface area contributed by atoms with Gasteiger partial charge >= 0.3 is 5.97 Å². The molecule has 0 aliphatic heterocycles. The molecule has 1 aliphatic carbocycles. The first-order chi connectivity index (χ1) is 9.56. The van der Waals surface area contributed by atoms with Crippen molar-refractivity contribution in [3.63, 3.8) is 0 Å². The molecule has 2 N–H and O–H groups in total. The first-order valence-electron chi connectivity index (χ1n) is 6.80. The van der Waals surface area contributed by atoms with Crippen LogP contribution >= 0.6 is 0 Å². The molecule has 1 fully saturated rings. The summed E-state index contributed by atoms with van der Waals surface area (Å²) in [5.74, 6) is -0.0716. The van der Waals surface area contributed by atoms with Crippen LogP contribution in [0.3, 0.4) is 0 Å². The molecule has 0 aromatic heterocycles. The van der Waals surface area contributed by atoms with Crippen molar-refractivity contribution in [2.75, 3.05) is 6.61 Å². The zero-order valence-electron chi connectivity index (χ0n) is 11.5. The minimum absolute atomic E-state index is 0.100. The number of carboxylic acids is 1. The summed E-state index contributed by atoms with van der Waals surface area (Å²) in [7, 11) is 0. The van der Waals surface area contributed by atoms with Crippen LogP contribution in [0.4, 0.5) is 0 Å². The van der Waals surface area contributed by atoms with Gasteiger partial charge in [0, 0.05) is 6.04 Å². The van der Waals surface area contributed by atoms with E-state index in [-0.39, 0.29) is 12.3 Å². The van der Waals surface area contributed by atoms with Gasteiger partial charge in [-0.2, -0.15) is 0 Å². The predicted octanol–water partition coefficient (Wildman–Crippen LogP) is 2.07. The van der Waals surface area contributed by atoms with Gasteiger partial charge in [0.1, 0.15) is 5.75 Å². The minimum Gasteiger partial charge on any atom is -0.492 e. The monoisotopic (exact) mass is 277 g/mol. The topological polar surface area (TPSA) is 75.6 Å². The summed E-state index contributed by atoms with van der Waals surface area (Å²) >= 11 is 0. The van der Waals surface area contributed by atoms with Gasteiger partial charge in [-0.3, -0.25) is 9.59 Å². The smallest absolute Gasteiger partial charge is 0.305 e. The van der Waals surface area contributed by atoms with Crippen LogP contribution in [0, 0.1) is 5.92 Å². The molecule has 1 saturated carbocycles. The second-order valence-electron chi connectivity index (χ2n) is 5.22. The number of carboxylic acid groups (broad SMARTS) is 1. The quantitative estimate of drug-likeness (QED) is 0.800. The van der Waals surface area contributed by atoms with E-state index in [9.17, 15) is 9.59 Å². The fourth-order valence-corrected chi connectivity index (χ4v) is 1.89. The fraction of sp³-hybridized carbons (Fsp3) is 0.467. The largest absolute Gasteiger partial charge is 0.492 e. The number of carbonyl (C=O) groups is 2. The van der Waals surface area contributed by atoms with Crippen molar-refractivity contribution in [3.05, 3.63) is 29.8 Å². The van der Waals surface area contributed by atoms with E-state index < -0.39 is 12.0 Å². The Morgan fingerprint density at radius 2 is 2.10 bits per heavy atom. The summed E-state index contributed by atoms with van der Waals surface area (Å²) in [5, 5.41) is 11.4. The molecule has 0 heterocycles. The molecule has 1 unspecified atom stereocenters. The lowest BCUT2D eigenvalue weighted by atomic mass is 10.1. The van der Waals surface area contributed by atoms with Gasteiger partial charge in [-0.25, -0.2) is 0 Å². The molecule has 1 amide bonds. The number of carbonyl (C=O) groups excluding carboxylic acids is 1. The SMILES string of the molecule is CC(CC(=O)O)NC(=O)c1ccccc1OCC1CC1. The summed E-state index contributed by atoms with van der Waals surface area (Å²) in [6.07, 6.45) is 2.27. The average Bonchev–Trinajstić information content (AvgIpc) is 3.19. The van der Waals surface area contributed by atoms with Crippen LogP contribution in [0.5, 0.6) is 5.75 Å². The van der Waals surface area contributed by atoms with E-state index in [0.29, 0.717) is 23.8 Å². The third kappa shape index (κ3) is 4.26. The number of ether oxygens (including phenoxy) is 1. The Bertz CT molecular complexity index is 496. The van der Waals surface area contributed by atoms with Crippen molar-refractivity contribution < 1.29 is 19.4 Å². The molecule has 20 heavy (non-hydrogen) atoms. The number of aliphatic carboxylic acids is 1. The molecule has 5 heteroatoms. The third-order valence-electron chi connectivity index (χ3n) is 3.16. The Morgan fingerprint density at radius 3 is 2.75 bits per heavy atom. The van der Waals surface area contributed by atoms with Crippen molar-refractivity contribution in [2.45, 2.75) is 32.2 Å². The van der Waals surface area contributed by atoms with Gasteiger partial charge < -0.3 is 15.2 Å². The molecule has 0 saturated heterocycles. The fourth-order valence-electron chi connectivity index (χ4n) is 1.89. The maximum absolute atomic E-state index is 12.1. The lowest BCUT2D eigenvalue weighted by Gasteiger charge is -2.14. The predicted molar refractivity (Wildman–Crippen MR) is 73.8 cm³/mol. The molecule has 1 aromatic rings. The number of para-hydroxylation sites is 1. The van der Waals surface area contributed by atoms with Gasteiger partial charge in [0.2, 0.25) is 0 Å². The summed E-state index contributed by atoms with van der Waals surface area (Å²) in [5.41, 5.74) is 0.449. The third-order valence-corrected chi connectivity index (χ3v) is 3.16. The second-order valence-corrected chi connectivity index (χ2v) is 5.22. The van der Waals surface area contributed by atoms with Crippen molar-refractivity contribution in [1.29, 1.82) is 0 Å². The molecule has 108 valence electrons. The van der Waals surface area contributed by atoms with E-state index in [1.807, 2.05) is 6.07 Å². The number of amides is 1. The molecule has 0 bridgehead atoms. The number of benzene rings is 1. The summed E-state index contributed by atoms with van der Waals surface area (Å²) in [4.78, 5) is 22.7. The highest BCUT2D eigenvalue weighted by Crippen LogP contribution is 2.30. The number of hydrogen-bond donors (Lipinski definition) is 2. The van der Waals surface area contributed by atoms with E-state index in [1.165, 1.54) is 12.8 Å². The maximum Gasteiger partial charge on any atom is 0.305 e. The van der Waals surface area contributed by atoms with Crippen LogP contribution < -0.4 is 10.1 Å². The van der Waals surface area contributed by atoms with E-state index in [1.54, 1.807) is 25.1 Å². The number of hydrogen-bond acceptors (Lipinski definition) is 3. The maximum atomic E-state index is 12.1. The van der Waals surface area contributed by atoms with Gasteiger partial charge in [-0.1, -0.05) is 12.1 Å². The standard InChI is InChI=1S/C15H19NO4/c1-10(8-14(17)18)16-15(19)12-4-2-3-5-13(12)20-9-11-6-7-11/h2-5,10-11H,6-9H2,1H3,(H,16,19)(H,17,18). The summed E-state index contributed by atoms with van der Waals surface area (Å²) < 4.78 is 5.67. The summed E-state index contributed by atoms with van der Waals surface area (Å²) in [6.45, 7) is 2.30. The van der Waals surface area contributed by atoms with E-state index in [4.69, 9.17) is 9.84 Å². The Morgan fingerprint density at radius 1 is 1.40 bits per heavy atom. The van der Waals surface area contributed by atoms with E-state index >= 15 is 0 Å². The van der Waals surface area contributed by atoms with Crippen LogP contribution in [0.25, 0.3) is 0 Å². The molecular formula is C15H19NO4. The van der Waals surface area contributed by atoms with Crippen molar-refractivity contribution in [1.82, 2.24) is 5.32 Å². The van der Waals surface area contributed by atoms with Crippen molar-refractivity contribution >= 4 is 11.9 Å². The zero-order valence-corrected chi connectivity index (χ0v) is 11.5. The zero-order chi connectivity index (χ0) is 14.5. The Labute approximate surface area is 117 Å². The first-order valence-corrected chi connectivity index (χ1v) is 6.80. The Kier molecular flexibility index (Phi) is 4.61. The van der Waals surface area contributed by atoms with E-state index in [2.05, 4.69) is 5.32 Å². The second kappa shape index (κ2) is 6.41. The Balaban J connectivity index is 1.98. The van der Waals surface area contributed by atoms with Gasteiger partial charge in [-0.15, -0.1) is 0 Å². The van der Waals surface area contributed by atoms with Crippen molar-refractivity contribution in [2.24, 2.45) is 5.92 Å². The van der Waals surface area contributed by atoms with Crippen molar-refractivity contribution in [3.8, 4) is 5.75 Å². The number of nitrogens with one attached hydrogen (secondary N) is 1. The van der Waals surface area contributed by atoms with Gasteiger partial charge in [0.05, 0.1) is 18.6 Å². The molecular weight excluding hydrogens is 258 g/mol. The molecule has 0 radical (unpaired) electrons.